The van der Waals surface area contributed by atoms with Crippen LogP contribution in [0.5, 0.6) is 0 Å². The van der Waals surface area contributed by atoms with Crippen LogP contribution < -0.4 is 0 Å². The van der Waals surface area contributed by atoms with E-state index in [-0.39, 0.29) is 0 Å². The zero-order chi connectivity index (χ0) is 21.6. The largest absolute Gasteiger partial charge is 0.394 e. The fourth-order valence-electron chi connectivity index (χ4n) is 3.29. The van der Waals surface area contributed by atoms with Crippen LogP contribution in [0.3, 0.4) is 0 Å². The average molecular weight is 510 g/mol. The van der Waals surface area contributed by atoms with Crippen LogP contribution in [0.4, 0.5) is 0 Å². The zero-order valence-corrected chi connectivity index (χ0v) is 19.0. The molecule has 4 rings (SSSR count). The molecule has 2 aromatic carbocycles. The van der Waals surface area contributed by atoms with Crippen LogP contribution in [0.2, 0.25) is 20.1 Å². The van der Waals surface area contributed by atoms with Gasteiger partial charge in [0.05, 0.1) is 37.7 Å². The Hall–Kier alpha value is -0.740. The number of aliphatic hydroxyl groups excluding tert-OH is 3. The summed E-state index contributed by atoms with van der Waals surface area (Å²) < 4.78 is 7.39. The molecule has 0 radical (unpaired) electrons. The maximum atomic E-state index is 10.6. The first-order valence-electron chi connectivity index (χ1n) is 8.86. The Morgan fingerprint density at radius 2 is 1.67 bits per heavy atom. The minimum absolute atomic E-state index is 0.318. The molecule has 30 heavy (non-hydrogen) atoms. The van der Waals surface area contributed by atoms with Crippen LogP contribution in [0.15, 0.2) is 35.5 Å². The third-order valence-electron chi connectivity index (χ3n) is 4.82. The number of aliphatic hydroxyl groups is 3. The summed E-state index contributed by atoms with van der Waals surface area (Å²) in [6.07, 6.45) is -4.39. The highest BCUT2D eigenvalue weighted by Gasteiger charge is 2.44. The molecule has 0 spiro atoms. The van der Waals surface area contributed by atoms with E-state index < -0.39 is 31.1 Å². The molecule has 1 fully saturated rings. The first-order chi connectivity index (χ1) is 14.3. The van der Waals surface area contributed by atoms with Crippen molar-refractivity contribution < 1.29 is 20.1 Å². The lowest BCUT2D eigenvalue weighted by Crippen LogP contribution is -2.33. The van der Waals surface area contributed by atoms with Crippen LogP contribution >= 0.6 is 58.2 Å². The summed E-state index contributed by atoms with van der Waals surface area (Å²) in [5.41, 5.74) is 2.06. The molecule has 2 heterocycles. The van der Waals surface area contributed by atoms with Gasteiger partial charge in [-0.1, -0.05) is 64.2 Å². The highest BCUT2D eigenvalue weighted by Crippen LogP contribution is 2.39. The lowest BCUT2D eigenvalue weighted by atomic mass is 10.1. The van der Waals surface area contributed by atoms with Crippen molar-refractivity contribution in [1.82, 2.24) is 9.55 Å². The van der Waals surface area contributed by atoms with Crippen molar-refractivity contribution in [3.05, 3.63) is 56.0 Å². The molecule has 4 atom stereocenters. The molecule has 0 amide bonds. The van der Waals surface area contributed by atoms with Gasteiger partial charge in [-0.2, -0.15) is 0 Å². The fraction of sp³-hybridized carbons (Fsp3) is 0.316. The number of benzene rings is 2. The Kier molecular flexibility index (Phi) is 6.75. The van der Waals surface area contributed by atoms with Crippen LogP contribution in [-0.4, -0.2) is 49.8 Å². The molecule has 0 saturated carbocycles. The second-order valence-corrected chi connectivity index (χ2v) is 9.36. The predicted octanol–water partition coefficient (Wildman–Crippen LogP) is 4.55. The van der Waals surface area contributed by atoms with Crippen LogP contribution in [0, 0.1) is 0 Å². The van der Waals surface area contributed by atoms with Crippen molar-refractivity contribution in [3.63, 3.8) is 0 Å². The summed E-state index contributed by atoms with van der Waals surface area (Å²) in [5, 5.41) is 32.3. The van der Waals surface area contributed by atoms with E-state index in [1.165, 1.54) is 11.8 Å². The highest BCUT2D eigenvalue weighted by atomic mass is 35.5. The summed E-state index contributed by atoms with van der Waals surface area (Å²) >= 11 is 25.8. The summed E-state index contributed by atoms with van der Waals surface area (Å²) in [5.74, 6) is 0.510. The van der Waals surface area contributed by atoms with E-state index in [0.717, 1.165) is 5.56 Å². The second-order valence-electron chi connectivity index (χ2n) is 6.79. The molecule has 3 N–H and O–H groups in total. The number of thioether (sulfide) groups is 1. The first-order valence-corrected chi connectivity index (χ1v) is 11.4. The molecule has 1 aliphatic rings. The summed E-state index contributed by atoms with van der Waals surface area (Å²) in [4.78, 5) is 4.61. The fourth-order valence-corrected chi connectivity index (χ4v) is 4.90. The van der Waals surface area contributed by atoms with Crippen molar-refractivity contribution in [2.45, 2.75) is 35.4 Å². The maximum Gasteiger partial charge on any atom is 0.171 e. The van der Waals surface area contributed by atoms with E-state index in [1.807, 2.05) is 6.07 Å². The quantitative estimate of drug-likeness (QED) is 0.437. The third kappa shape index (κ3) is 4.16. The lowest BCUT2D eigenvalue weighted by molar-refractivity contribution is -0.0546. The normalized spacial score (nSPS) is 24.1. The standard InChI is InChI=1S/C19H16Cl4N2O4S/c20-9-2-1-8(3-10(9)21)7-30-19-24-13-4-11(22)12(23)5-14(13)25(19)18-17(28)16(27)15(6-26)29-18/h1-5,15-18,26-28H,6-7H2/t15-,16-,17-,18-/m1/s1. The summed E-state index contributed by atoms with van der Waals surface area (Å²) in [6.45, 7) is -0.431. The zero-order valence-electron chi connectivity index (χ0n) is 15.2. The molecule has 1 saturated heterocycles. The van der Waals surface area contributed by atoms with Crippen molar-refractivity contribution >= 4 is 69.2 Å². The second kappa shape index (κ2) is 9.02. The van der Waals surface area contributed by atoms with E-state index in [9.17, 15) is 15.3 Å². The summed E-state index contributed by atoms with van der Waals surface area (Å²) in [6, 6.07) is 8.59. The van der Waals surface area contributed by atoms with Gasteiger partial charge in [0.25, 0.3) is 0 Å². The Bertz CT molecular complexity index is 1100. The molecule has 3 aromatic rings. The SMILES string of the molecule is OC[C@H]1O[C@@H](n2c(SCc3ccc(Cl)c(Cl)c3)nc3cc(Cl)c(Cl)cc32)[C@H](O)[C@@H]1O. The van der Waals surface area contributed by atoms with Gasteiger partial charge in [0, 0.05) is 5.75 Å². The predicted molar refractivity (Wildman–Crippen MR) is 119 cm³/mol. The van der Waals surface area contributed by atoms with Crippen LogP contribution in [0.25, 0.3) is 11.0 Å². The van der Waals surface area contributed by atoms with E-state index in [4.69, 9.17) is 51.1 Å². The van der Waals surface area contributed by atoms with Gasteiger partial charge in [-0.05, 0) is 29.8 Å². The average Bonchev–Trinajstić information content (AvgIpc) is 3.20. The van der Waals surface area contributed by atoms with Crippen molar-refractivity contribution in [1.29, 1.82) is 0 Å². The van der Waals surface area contributed by atoms with Gasteiger partial charge in [0.2, 0.25) is 0 Å². The van der Waals surface area contributed by atoms with Gasteiger partial charge in [-0.15, -0.1) is 0 Å². The first kappa shape index (κ1) is 22.5. The van der Waals surface area contributed by atoms with Gasteiger partial charge in [-0.3, -0.25) is 4.57 Å². The van der Waals surface area contributed by atoms with E-state index in [0.29, 0.717) is 42.0 Å². The number of hydrogen-bond donors (Lipinski definition) is 3. The Labute approximate surface area is 196 Å². The highest BCUT2D eigenvalue weighted by molar-refractivity contribution is 7.98. The van der Waals surface area contributed by atoms with Gasteiger partial charge < -0.3 is 20.1 Å². The van der Waals surface area contributed by atoms with Gasteiger partial charge in [0.15, 0.2) is 11.4 Å². The molecule has 6 nitrogen and oxygen atoms in total. The molecule has 160 valence electrons. The third-order valence-corrected chi connectivity index (χ3v) is 7.31. The number of rotatable bonds is 5. The molecule has 0 unspecified atom stereocenters. The number of imidazole rings is 1. The molecule has 11 heteroatoms. The molecule has 0 aliphatic carbocycles. The van der Waals surface area contributed by atoms with Crippen molar-refractivity contribution in [2.24, 2.45) is 0 Å². The van der Waals surface area contributed by atoms with Gasteiger partial charge in [0.1, 0.15) is 18.3 Å². The number of halogens is 4. The van der Waals surface area contributed by atoms with Crippen LogP contribution in [0.1, 0.15) is 11.8 Å². The Morgan fingerprint density at radius 3 is 2.33 bits per heavy atom. The van der Waals surface area contributed by atoms with E-state index in [1.54, 1.807) is 28.8 Å². The summed E-state index contributed by atoms with van der Waals surface area (Å²) in [7, 11) is 0. The van der Waals surface area contributed by atoms with Crippen LogP contribution in [-0.2, 0) is 10.5 Å². The smallest absolute Gasteiger partial charge is 0.171 e. The lowest BCUT2D eigenvalue weighted by Gasteiger charge is -2.20. The molecular weight excluding hydrogens is 494 g/mol. The number of aromatic nitrogens is 2. The van der Waals surface area contributed by atoms with E-state index >= 15 is 0 Å². The topological polar surface area (TPSA) is 87.7 Å². The van der Waals surface area contributed by atoms with Crippen molar-refractivity contribution in [3.8, 4) is 0 Å². The van der Waals surface area contributed by atoms with Crippen molar-refractivity contribution in [2.75, 3.05) is 6.61 Å². The monoisotopic (exact) mass is 508 g/mol. The minimum Gasteiger partial charge on any atom is -0.394 e. The number of ether oxygens (including phenoxy) is 1. The number of hydrogen-bond acceptors (Lipinski definition) is 6. The number of nitrogens with zero attached hydrogens (tertiary/aromatic N) is 2. The minimum atomic E-state index is -1.27. The maximum absolute atomic E-state index is 10.6. The molecule has 0 bridgehead atoms. The molecule has 1 aromatic heterocycles. The molecule has 1 aliphatic heterocycles. The van der Waals surface area contributed by atoms with E-state index in [2.05, 4.69) is 4.98 Å². The number of fused-ring (bicyclic) bond motifs is 1. The Balaban J connectivity index is 1.74. The Morgan fingerprint density at radius 1 is 0.967 bits per heavy atom. The van der Waals surface area contributed by atoms with Gasteiger partial charge in [-0.25, -0.2) is 4.98 Å². The molecular formula is C19H16Cl4N2O4S. The van der Waals surface area contributed by atoms with Gasteiger partial charge >= 0.3 is 0 Å².